The summed E-state index contributed by atoms with van der Waals surface area (Å²) >= 11 is 0. The Kier molecular flexibility index (Phi) is 5.18. The first-order valence-corrected chi connectivity index (χ1v) is 12.5. The summed E-state index contributed by atoms with van der Waals surface area (Å²) in [5.74, 6) is 0.265. The smallest absolute Gasteiger partial charge is 0.268 e. The third-order valence-electron chi connectivity index (χ3n) is 8.50. The van der Waals surface area contributed by atoms with E-state index in [1.54, 1.807) is 6.07 Å². The zero-order chi connectivity index (χ0) is 24.3. The lowest BCUT2D eigenvalue weighted by Crippen LogP contribution is -2.44. The van der Waals surface area contributed by atoms with Crippen molar-refractivity contribution in [1.29, 1.82) is 0 Å². The predicted molar refractivity (Wildman–Crippen MR) is 133 cm³/mol. The molecule has 3 fully saturated rings. The zero-order valence-electron chi connectivity index (χ0n) is 19.9. The fraction of sp³-hybridized carbons (Fsp3) is 0.414. The van der Waals surface area contributed by atoms with Gasteiger partial charge in [-0.05, 0) is 84.2 Å². The summed E-state index contributed by atoms with van der Waals surface area (Å²) in [7, 11) is 0. The van der Waals surface area contributed by atoms with Crippen LogP contribution in [-0.4, -0.2) is 41.7 Å². The fourth-order valence-electron chi connectivity index (χ4n) is 6.15. The van der Waals surface area contributed by atoms with Gasteiger partial charge in [0.2, 0.25) is 5.43 Å². The fourth-order valence-corrected chi connectivity index (χ4v) is 6.15. The van der Waals surface area contributed by atoms with Crippen molar-refractivity contribution in [1.82, 2.24) is 4.90 Å². The minimum Gasteiger partial charge on any atom is -0.503 e. The Bertz CT molecular complexity index is 1370. The molecular weight excluding hydrogens is 442 g/mol. The molecule has 2 saturated heterocycles. The summed E-state index contributed by atoms with van der Waals surface area (Å²) in [6, 6.07) is 14.2. The van der Waals surface area contributed by atoms with Crippen LogP contribution >= 0.6 is 0 Å². The van der Waals surface area contributed by atoms with Crippen molar-refractivity contribution in [3.05, 3.63) is 74.0 Å². The van der Waals surface area contributed by atoms with Gasteiger partial charge in [0.1, 0.15) is 6.10 Å². The second-order valence-corrected chi connectivity index (χ2v) is 10.5. The van der Waals surface area contributed by atoms with Gasteiger partial charge < -0.3 is 14.7 Å². The first-order valence-electron chi connectivity index (χ1n) is 12.5. The maximum atomic E-state index is 12.7. The number of nitrogens with zero attached hydrogens (tertiary/aromatic N) is 1. The van der Waals surface area contributed by atoms with Gasteiger partial charge in [0.25, 0.3) is 11.3 Å². The van der Waals surface area contributed by atoms with E-state index in [1.807, 2.05) is 24.0 Å². The molecular formula is C29H29NO5. The molecule has 0 bridgehead atoms. The van der Waals surface area contributed by atoms with E-state index in [4.69, 9.17) is 4.74 Å². The van der Waals surface area contributed by atoms with Crippen LogP contribution in [0.25, 0.3) is 22.3 Å². The van der Waals surface area contributed by atoms with Gasteiger partial charge in [-0.2, -0.15) is 0 Å². The zero-order valence-corrected chi connectivity index (χ0v) is 19.9. The normalized spacial score (nSPS) is 23.2. The number of aryl methyl sites for hydroxylation is 1. The molecule has 3 aliphatic rings. The molecule has 0 radical (unpaired) electrons. The first kappa shape index (κ1) is 22.2. The molecule has 0 unspecified atom stereocenters. The lowest BCUT2D eigenvalue weighted by molar-refractivity contribution is -0.142. The largest absolute Gasteiger partial charge is 0.503 e. The van der Waals surface area contributed by atoms with E-state index in [0.29, 0.717) is 23.5 Å². The van der Waals surface area contributed by atoms with Gasteiger partial charge in [-0.25, -0.2) is 0 Å². The Hall–Kier alpha value is -3.25. The van der Waals surface area contributed by atoms with Gasteiger partial charge in [-0.1, -0.05) is 36.4 Å². The molecule has 2 aliphatic heterocycles. The summed E-state index contributed by atoms with van der Waals surface area (Å²) in [6.45, 7) is 4.36. The minimum atomic E-state index is -0.813. The van der Waals surface area contributed by atoms with Crippen LogP contribution in [0, 0.1) is 12.3 Å². The van der Waals surface area contributed by atoms with E-state index in [9.17, 15) is 19.5 Å². The third-order valence-corrected chi connectivity index (χ3v) is 8.50. The summed E-state index contributed by atoms with van der Waals surface area (Å²) in [6.07, 6.45) is 4.87. The average molecular weight is 472 g/mol. The van der Waals surface area contributed by atoms with E-state index in [1.165, 1.54) is 12.0 Å². The molecule has 2 heterocycles. The van der Waals surface area contributed by atoms with Crippen LogP contribution in [0.4, 0.5) is 0 Å². The second kappa shape index (κ2) is 8.16. The van der Waals surface area contributed by atoms with Gasteiger partial charge in [-0.15, -0.1) is 0 Å². The van der Waals surface area contributed by atoms with E-state index in [-0.39, 0.29) is 17.6 Å². The van der Waals surface area contributed by atoms with Crippen molar-refractivity contribution in [3.8, 4) is 28.0 Å². The molecule has 6 heteroatoms. The number of hydrogen-bond acceptors (Lipinski definition) is 5. The lowest BCUT2D eigenvalue weighted by Gasteiger charge is -2.34. The molecule has 0 aromatic heterocycles. The molecule has 35 heavy (non-hydrogen) atoms. The molecule has 6 nitrogen and oxygen atoms in total. The molecule has 1 saturated carbocycles. The Morgan fingerprint density at radius 3 is 2.40 bits per heavy atom. The van der Waals surface area contributed by atoms with Crippen LogP contribution in [-0.2, 0) is 9.53 Å². The Balaban J connectivity index is 1.15. The maximum absolute atomic E-state index is 12.7. The van der Waals surface area contributed by atoms with Crippen molar-refractivity contribution in [2.75, 3.05) is 19.7 Å². The van der Waals surface area contributed by atoms with E-state index in [2.05, 4.69) is 24.3 Å². The molecule has 1 amide bonds. The summed E-state index contributed by atoms with van der Waals surface area (Å²) in [5, 5.41) is 9.84. The number of carbonyl (C=O) groups is 1. The SMILES string of the molecule is Cc1ccc(-c2c(O)c(=O)c2=O)cc1-c1ccc([C@H]2CC23CCN(C(=O)[C@H]2CCCO2)CC3)cc1. The van der Waals surface area contributed by atoms with Gasteiger partial charge in [0, 0.05) is 19.7 Å². The molecule has 1 N–H and O–H groups in total. The Morgan fingerprint density at radius 1 is 1.03 bits per heavy atom. The Labute approximate surface area is 203 Å². The molecule has 3 aromatic carbocycles. The number of rotatable bonds is 4. The predicted octanol–water partition coefficient (Wildman–Crippen LogP) is 3.91. The van der Waals surface area contributed by atoms with Crippen LogP contribution in [0.1, 0.15) is 49.1 Å². The van der Waals surface area contributed by atoms with Crippen molar-refractivity contribution >= 4 is 5.91 Å². The number of carbonyl (C=O) groups excluding carboxylic acids is 1. The highest BCUT2D eigenvalue weighted by atomic mass is 16.5. The van der Waals surface area contributed by atoms with Crippen LogP contribution in [0.5, 0.6) is 5.75 Å². The van der Waals surface area contributed by atoms with Gasteiger partial charge in [-0.3, -0.25) is 14.4 Å². The number of likely N-dealkylation sites (tertiary alicyclic amines) is 1. The summed E-state index contributed by atoms with van der Waals surface area (Å²) in [4.78, 5) is 38.0. The number of hydrogen-bond donors (Lipinski definition) is 1. The second-order valence-electron chi connectivity index (χ2n) is 10.5. The maximum Gasteiger partial charge on any atom is 0.268 e. The number of ether oxygens (including phenoxy) is 1. The molecule has 180 valence electrons. The standard InChI is InChI=1S/C29H29NO5/c1-17-4-5-20(24-25(31)27(33)26(24)32)15-21(17)18-6-8-19(9-7-18)22-16-29(22)10-12-30(13-11-29)28(34)23-3-2-14-35-23/h4-9,15,22-23,31H,2-3,10-14,16H2,1H3/t22-,23-/m1/s1. The van der Waals surface area contributed by atoms with Gasteiger partial charge in [0.15, 0.2) is 5.75 Å². The third kappa shape index (κ3) is 3.62. The highest BCUT2D eigenvalue weighted by molar-refractivity contribution is 5.81. The van der Waals surface area contributed by atoms with Crippen molar-refractivity contribution in [2.24, 2.45) is 5.41 Å². The van der Waals surface area contributed by atoms with Crippen LogP contribution in [0.3, 0.4) is 0 Å². The van der Waals surface area contributed by atoms with E-state index >= 15 is 0 Å². The monoisotopic (exact) mass is 471 g/mol. The number of aromatic hydroxyl groups is 1. The van der Waals surface area contributed by atoms with Gasteiger partial charge >= 0.3 is 0 Å². The summed E-state index contributed by atoms with van der Waals surface area (Å²) in [5.41, 5.74) is 3.96. The quantitative estimate of drug-likeness (QED) is 0.584. The van der Waals surface area contributed by atoms with Crippen LogP contribution < -0.4 is 10.9 Å². The van der Waals surface area contributed by atoms with Crippen molar-refractivity contribution in [2.45, 2.75) is 51.0 Å². The van der Waals surface area contributed by atoms with Crippen LogP contribution in [0.2, 0.25) is 0 Å². The number of benzene rings is 2. The average Bonchev–Trinajstić information content (AvgIpc) is 3.30. The van der Waals surface area contributed by atoms with E-state index in [0.717, 1.165) is 55.5 Å². The van der Waals surface area contributed by atoms with Crippen LogP contribution in [0.15, 0.2) is 52.1 Å². The molecule has 1 aliphatic carbocycles. The lowest BCUT2D eigenvalue weighted by atomic mass is 9.87. The Morgan fingerprint density at radius 2 is 1.74 bits per heavy atom. The molecule has 1 spiro atoms. The number of piperidine rings is 1. The van der Waals surface area contributed by atoms with Gasteiger partial charge in [0.05, 0.1) is 5.56 Å². The van der Waals surface area contributed by atoms with Crippen molar-refractivity contribution < 1.29 is 14.6 Å². The minimum absolute atomic E-state index is 0.108. The highest BCUT2D eigenvalue weighted by Crippen LogP contribution is 2.65. The molecule has 6 rings (SSSR count). The highest BCUT2D eigenvalue weighted by Gasteiger charge is 2.55. The van der Waals surface area contributed by atoms with Crippen molar-refractivity contribution in [3.63, 3.8) is 0 Å². The molecule has 3 aromatic rings. The topological polar surface area (TPSA) is 83.9 Å². The number of amides is 1. The first-order chi connectivity index (χ1) is 16.9. The molecule has 2 atom stereocenters. The summed E-state index contributed by atoms with van der Waals surface area (Å²) < 4.78 is 5.59. The van der Waals surface area contributed by atoms with E-state index < -0.39 is 16.6 Å².